The summed E-state index contributed by atoms with van der Waals surface area (Å²) in [6, 6.07) is 6.76. The molecule has 26 nitrogen and oxygen atoms in total. The van der Waals surface area contributed by atoms with E-state index in [1.165, 1.54) is 31.2 Å². The first-order valence-electron chi connectivity index (χ1n) is 17.0. The summed E-state index contributed by atoms with van der Waals surface area (Å²) in [5, 5.41) is 31.9. The molecule has 0 aliphatic carbocycles. The van der Waals surface area contributed by atoms with E-state index in [1.807, 2.05) is 5.48 Å². The zero-order valence-electron chi connectivity index (χ0n) is 35.1. The van der Waals surface area contributed by atoms with Crippen molar-refractivity contribution in [3.05, 3.63) is 53.3 Å². The Morgan fingerprint density at radius 2 is 0.953 bits per heavy atom. The number of anilines is 7. The fraction of sp³-hybridized carbons (Fsp3) is 0.333. The monoisotopic (exact) mass is 1010 g/mol. The molecule has 0 amide bonds. The second-order valence-electron chi connectivity index (χ2n) is 12.5. The van der Waals surface area contributed by atoms with Gasteiger partial charge in [-0.3, -0.25) is 0 Å². The van der Waals surface area contributed by atoms with Crippen LogP contribution in [0.1, 0.15) is 36.7 Å². The number of benzene rings is 2. The first-order valence-corrected chi connectivity index (χ1v) is 22.9. The molecule has 2 atom stereocenters. The van der Waals surface area contributed by atoms with Crippen LogP contribution in [0.3, 0.4) is 0 Å². The van der Waals surface area contributed by atoms with Crippen LogP contribution >= 0.6 is 0 Å². The summed E-state index contributed by atoms with van der Waals surface area (Å²) in [6.07, 6.45) is 1.28. The third-order valence-corrected chi connectivity index (χ3v) is 10.7. The van der Waals surface area contributed by atoms with E-state index in [0.717, 1.165) is 24.3 Å². The van der Waals surface area contributed by atoms with E-state index in [9.17, 15) is 57.0 Å². The van der Waals surface area contributed by atoms with Crippen LogP contribution in [-0.2, 0) is 40.5 Å². The summed E-state index contributed by atoms with van der Waals surface area (Å²) in [5.74, 6) is -3.11. The van der Waals surface area contributed by atoms with Crippen LogP contribution in [0.2, 0.25) is 0 Å². The van der Waals surface area contributed by atoms with Gasteiger partial charge in [0.1, 0.15) is 26.1 Å². The van der Waals surface area contributed by atoms with Gasteiger partial charge < -0.3 is 55.1 Å². The number of nitrogens with one attached hydrogen (secondary N) is 6. The number of rotatable bonds is 22. The van der Waals surface area contributed by atoms with Gasteiger partial charge in [-0.15, -0.1) is 0 Å². The predicted molar refractivity (Wildman–Crippen MR) is 208 cm³/mol. The molecule has 328 valence electrons. The summed E-state index contributed by atoms with van der Waals surface area (Å²) in [6.45, 7) is 2.25. The molecule has 0 fully saturated rings. The molecule has 64 heavy (non-hydrogen) atoms. The van der Waals surface area contributed by atoms with Crippen molar-refractivity contribution in [2.45, 2.75) is 35.7 Å². The molecule has 0 bridgehead atoms. The van der Waals surface area contributed by atoms with Crippen molar-refractivity contribution in [3.8, 4) is 0 Å². The zero-order chi connectivity index (χ0) is 44.5. The molecule has 0 aliphatic heterocycles. The molecule has 0 spiro atoms. The van der Waals surface area contributed by atoms with Gasteiger partial charge in [0.2, 0.25) is 29.7 Å². The van der Waals surface area contributed by atoms with Crippen molar-refractivity contribution >= 4 is 93.7 Å². The normalized spacial score (nSPS) is 12.6. The molecule has 8 N–H and O–H groups in total. The van der Waals surface area contributed by atoms with Gasteiger partial charge in [0.25, 0.3) is 0 Å². The van der Waals surface area contributed by atoms with Gasteiger partial charge in [0, 0.05) is 43.5 Å². The molecular weight excluding hydrogens is 973 g/mol. The smallest absolute Gasteiger partial charge is 0.748 e. The van der Waals surface area contributed by atoms with Crippen LogP contribution in [0.5, 0.6) is 0 Å². The second kappa shape index (κ2) is 27.6. The number of hydroxylamine groups is 1. The van der Waals surface area contributed by atoms with Crippen LogP contribution in [0, 0.1) is 0 Å². The molecule has 2 unspecified atom stereocenters. The second-order valence-corrected chi connectivity index (χ2v) is 18.3. The summed E-state index contributed by atoms with van der Waals surface area (Å²) in [7, 11) is -19.6. The molecule has 2 aromatic carbocycles. The Labute approximate surface area is 457 Å². The Morgan fingerprint density at radius 3 is 1.34 bits per heavy atom. The molecule has 0 saturated heterocycles. The minimum atomic E-state index is -5.23. The van der Waals surface area contributed by atoms with Crippen molar-refractivity contribution in [1.82, 2.24) is 35.4 Å². The first kappa shape index (κ1) is 62.7. The standard InChI is InChI=1S/C30H40N12O14S4.4Na/c1-17(15-34-44)25-37-26(31-9-11-57(45,46)47)40-29(38-25)35-21-7-5-19(23(13-21)59(51,52)53)3-4-20-6-8-22(14-24(20)60(54,55)56)36-30-41-27(32-10-12-58(48,49)50)39-28(42-30)33-16-18(2)43;;;;/h3-8,13-14,17-18,34,43-44H,9-12,15-16H2,1-2H3,(H,45,46,47)(H,48,49,50)(H,51,52,53)(H,54,55,56)(H2,31,35,37,38,40)(H3,32,33,36,39,41,42);;;;/q;4*+1/p-4. The molecule has 2 heterocycles. The molecular formula is C30H36N12Na4O14S4. The van der Waals surface area contributed by atoms with Crippen LogP contribution < -0.4 is 150 Å². The van der Waals surface area contributed by atoms with Gasteiger partial charge in [-0.25, -0.2) is 39.2 Å². The van der Waals surface area contributed by atoms with Gasteiger partial charge in [-0.2, -0.15) is 29.9 Å². The van der Waals surface area contributed by atoms with E-state index in [4.69, 9.17) is 5.21 Å². The average molecular weight is 1010 g/mol. The SMILES string of the molecule is CC(O)CNc1nc(NCCS(=O)(=O)[O-])nc(Nc2ccc(C=Cc3ccc(Nc4nc(NCCS(=O)(=O)[O-])nc(C(C)CNO)n4)cc3S(=O)(=O)[O-])c(S(=O)(=O)[O-])c2)n1.[Na+].[Na+].[Na+].[Na+]. The van der Waals surface area contributed by atoms with Crippen LogP contribution in [0.25, 0.3) is 12.2 Å². The topological polar surface area (TPSA) is 419 Å². The Morgan fingerprint density at radius 1 is 0.578 bits per heavy atom. The average Bonchev–Trinajstić information content (AvgIpc) is 3.12. The number of aliphatic hydroxyl groups excluding tert-OH is 1. The van der Waals surface area contributed by atoms with Gasteiger partial charge in [0.05, 0.1) is 47.6 Å². The Balaban J connectivity index is 0.00000992. The van der Waals surface area contributed by atoms with Crippen molar-refractivity contribution in [1.29, 1.82) is 0 Å². The van der Waals surface area contributed by atoms with Crippen molar-refractivity contribution in [3.63, 3.8) is 0 Å². The molecule has 0 saturated carbocycles. The van der Waals surface area contributed by atoms with Crippen molar-refractivity contribution in [2.24, 2.45) is 0 Å². The maximum Gasteiger partial charge on any atom is 1.00 e. The van der Waals surface area contributed by atoms with Crippen LogP contribution in [0.4, 0.5) is 41.1 Å². The molecule has 0 aliphatic rings. The summed E-state index contributed by atoms with van der Waals surface area (Å²) in [5.41, 5.74) is 1.37. The van der Waals surface area contributed by atoms with E-state index >= 15 is 0 Å². The largest absolute Gasteiger partial charge is 1.00 e. The van der Waals surface area contributed by atoms with Gasteiger partial charge in [-0.1, -0.05) is 31.2 Å². The van der Waals surface area contributed by atoms with E-state index in [-0.39, 0.29) is 202 Å². The predicted octanol–water partition coefficient (Wildman–Crippen LogP) is -12.7. The summed E-state index contributed by atoms with van der Waals surface area (Å²) < 4.78 is 141. The zero-order valence-corrected chi connectivity index (χ0v) is 46.4. The van der Waals surface area contributed by atoms with E-state index < -0.39 is 73.8 Å². The third kappa shape index (κ3) is 21.8. The number of hydrogen-bond acceptors (Lipinski definition) is 26. The number of nitrogens with zero attached hydrogens (tertiary/aromatic N) is 6. The molecule has 4 rings (SSSR count). The van der Waals surface area contributed by atoms with E-state index in [0.29, 0.717) is 0 Å². The maximum absolute atomic E-state index is 12.4. The Hall–Kier alpha value is -1.28. The van der Waals surface area contributed by atoms with Crippen molar-refractivity contribution in [2.75, 3.05) is 64.3 Å². The Bertz CT molecular complexity index is 2680. The minimum absolute atomic E-state index is 0. The van der Waals surface area contributed by atoms with E-state index in [1.54, 1.807) is 6.92 Å². The van der Waals surface area contributed by atoms with E-state index in [2.05, 4.69) is 56.5 Å². The van der Waals surface area contributed by atoms with Gasteiger partial charge in [-0.05, 0) is 42.3 Å². The molecule has 0 radical (unpaired) electrons. The number of aliphatic hydroxyl groups is 1. The first-order chi connectivity index (χ1) is 27.9. The number of hydrogen-bond donors (Lipinski definition) is 8. The minimum Gasteiger partial charge on any atom is -0.748 e. The fourth-order valence-corrected chi connectivity index (χ4v) is 6.85. The summed E-state index contributed by atoms with van der Waals surface area (Å²) in [4.78, 5) is 23.0. The number of aromatic nitrogens is 6. The van der Waals surface area contributed by atoms with Crippen LogP contribution in [-0.4, -0.2) is 136 Å². The fourth-order valence-electron chi connectivity index (χ4n) is 4.75. The molecule has 4 aromatic rings. The van der Waals surface area contributed by atoms with Crippen LogP contribution in [0.15, 0.2) is 46.2 Å². The van der Waals surface area contributed by atoms with Gasteiger partial charge in [0.15, 0.2) is 0 Å². The maximum atomic E-state index is 12.4. The molecule has 34 heteroatoms. The summed E-state index contributed by atoms with van der Waals surface area (Å²) >= 11 is 0. The molecule has 2 aromatic heterocycles. The van der Waals surface area contributed by atoms with Gasteiger partial charge >= 0.3 is 118 Å². The Kier molecular flexibility index (Phi) is 27.1. The third-order valence-electron chi connectivity index (χ3n) is 7.47. The van der Waals surface area contributed by atoms with Crippen molar-refractivity contribution < 1.29 is 180 Å². The quantitative estimate of drug-likeness (QED) is 0.0157.